The number of methoxy groups -OCH3 is 1. The fraction of sp³-hybridized carbons (Fsp3) is 0.688. The van der Waals surface area contributed by atoms with Crippen molar-refractivity contribution in [3.05, 3.63) is 36.4 Å². The van der Waals surface area contributed by atoms with Gasteiger partial charge in [-0.2, -0.15) is 0 Å². The first-order chi connectivity index (χ1) is 18.0. The Balaban J connectivity index is 1.37. The van der Waals surface area contributed by atoms with E-state index in [9.17, 15) is 9.59 Å². The van der Waals surface area contributed by atoms with Gasteiger partial charge in [0.1, 0.15) is 11.5 Å². The van der Waals surface area contributed by atoms with Gasteiger partial charge in [0.15, 0.2) is 0 Å². The number of unbranched alkanes of at least 4 members (excludes halogenated alkanes) is 3. The normalized spacial score (nSPS) is 23.7. The molecule has 2 saturated carbocycles. The zero-order valence-electron chi connectivity index (χ0n) is 23.2. The van der Waals surface area contributed by atoms with Crippen molar-refractivity contribution in [2.24, 2.45) is 23.7 Å². The quantitative estimate of drug-likeness (QED) is 0.110. The van der Waals surface area contributed by atoms with E-state index >= 15 is 0 Å². The van der Waals surface area contributed by atoms with E-state index < -0.39 is 0 Å². The van der Waals surface area contributed by atoms with Crippen molar-refractivity contribution < 1.29 is 23.8 Å². The molecule has 206 valence electrons. The number of ether oxygens (including phenoxy) is 3. The zero-order valence-corrected chi connectivity index (χ0v) is 23.2. The summed E-state index contributed by atoms with van der Waals surface area (Å²) >= 11 is 0. The highest BCUT2D eigenvalue weighted by Crippen LogP contribution is 2.42. The van der Waals surface area contributed by atoms with Gasteiger partial charge in [-0.05, 0) is 87.2 Å². The SMILES string of the molecule is C=CC(=O)OCCCCCCc1ccc(OC(=O)C2CCC(C3CCC(CCC)CC3)CC2)cc1OC. The van der Waals surface area contributed by atoms with Crippen molar-refractivity contribution in [3.8, 4) is 11.5 Å². The van der Waals surface area contributed by atoms with Crippen LogP contribution in [0.1, 0.15) is 102 Å². The molecule has 2 fully saturated rings. The van der Waals surface area contributed by atoms with Crippen LogP contribution in [0.2, 0.25) is 0 Å². The van der Waals surface area contributed by atoms with Gasteiger partial charge in [0.2, 0.25) is 0 Å². The van der Waals surface area contributed by atoms with Gasteiger partial charge in [-0.15, -0.1) is 0 Å². The Morgan fingerprint density at radius 2 is 1.62 bits per heavy atom. The molecule has 37 heavy (non-hydrogen) atoms. The molecule has 0 aromatic heterocycles. The van der Waals surface area contributed by atoms with Crippen LogP contribution in [0.5, 0.6) is 11.5 Å². The number of benzene rings is 1. The van der Waals surface area contributed by atoms with Crippen molar-refractivity contribution in [1.29, 1.82) is 0 Å². The largest absolute Gasteiger partial charge is 0.496 e. The van der Waals surface area contributed by atoms with E-state index in [0.29, 0.717) is 12.4 Å². The van der Waals surface area contributed by atoms with E-state index in [1.54, 1.807) is 7.11 Å². The van der Waals surface area contributed by atoms with E-state index in [-0.39, 0.29) is 17.9 Å². The number of carbonyl (C=O) groups is 2. The minimum Gasteiger partial charge on any atom is -0.496 e. The molecule has 0 radical (unpaired) electrons. The van der Waals surface area contributed by atoms with Gasteiger partial charge in [-0.3, -0.25) is 4.79 Å². The Labute approximate surface area is 224 Å². The van der Waals surface area contributed by atoms with Crippen LogP contribution in [0.3, 0.4) is 0 Å². The van der Waals surface area contributed by atoms with Crippen LogP contribution in [-0.4, -0.2) is 25.7 Å². The zero-order chi connectivity index (χ0) is 26.5. The first-order valence-corrected chi connectivity index (χ1v) is 14.7. The predicted octanol–water partition coefficient (Wildman–Crippen LogP) is 7.85. The highest BCUT2D eigenvalue weighted by Gasteiger charge is 2.33. The van der Waals surface area contributed by atoms with Crippen LogP contribution < -0.4 is 9.47 Å². The van der Waals surface area contributed by atoms with Gasteiger partial charge in [0, 0.05) is 12.1 Å². The summed E-state index contributed by atoms with van der Waals surface area (Å²) in [4.78, 5) is 24.0. The Kier molecular flexibility index (Phi) is 12.5. The molecule has 1 aromatic carbocycles. The topological polar surface area (TPSA) is 61.8 Å². The average molecular weight is 513 g/mol. The second-order valence-electron chi connectivity index (χ2n) is 11.1. The molecule has 0 bridgehead atoms. The van der Waals surface area contributed by atoms with Crippen molar-refractivity contribution in [2.75, 3.05) is 13.7 Å². The van der Waals surface area contributed by atoms with E-state index in [1.807, 2.05) is 18.2 Å². The lowest BCUT2D eigenvalue weighted by Crippen LogP contribution is -2.30. The van der Waals surface area contributed by atoms with Gasteiger partial charge in [0.25, 0.3) is 0 Å². The summed E-state index contributed by atoms with van der Waals surface area (Å²) < 4.78 is 16.4. The minimum absolute atomic E-state index is 0.0177. The second kappa shape index (κ2) is 15.8. The number of hydrogen-bond donors (Lipinski definition) is 0. The molecule has 0 unspecified atom stereocenters. The summed E-state index contributed by atoms with van der Waals surface area (Å²) in [6.07, 6.45) is 18.6. The molecule has 2 aliphatic carbocycles. The molecule has 3 rings (SSSR count). The maximum Gasteiger partial charge on any atom is 0.330 e. The summed E-state index contributed by atoms with van der Waals surface area (Å²) in [5.74, 6) is 3.54. The lowest BCUT2D eigenvalue weighted by molar-refractivity contribution is -0.140. The van der Waals surface area contributed by atoms with Crippen molar-refractivity contribution >= 4 is 11.9 Å². The molecule has 0 atom stereocenters. The van der Waals surface area contributed by atoms with Crippen molar-refractivity contribution in [2.45, 2.75) is 103 Å². The highest BCUT2D eigenvalue weighted by molar-refractivity contribution is 5.81. The fourth-order valence-electron chi connectivity index (χ4n) is 6.38. The number of rotatable bonds is 14. The molecule has 0 heterocycles. The van der Waals surface area contributed by atoms with Crippen LogP contribution in [-0.2, 0) is 20.7 Å². The summed E-state index contributed by atoms with van der Waals surface area (Å²) in [5.41, 5.74) is 1.12. The van der Waals surface area contributed by atoms with Crippen molar-refractivity contribution in [3.63, 3.8) is 0 Å². The summed E-state index contributed by atoms with van der Waals surface area (Å²) in [6, 6.07) is 5.76. The Bertz CT molecular complexity index is 847. The second-order valence-corrected chi connectivity index (χ2v) is 11.1. The van der Waals surface area contributed by atoms with Crippen LogP contribution >= 0.6 is 0 Å². The maximum atomic E-state index is 12.9. The van der Waals surface area contributed by atoms with E-state index in [2.05, 4.69) is 13.5 Å². The van der Waals surface area contributed by atoms with Gasteiger partial charge in [-0.25, -0.2) is 4.79 Å². The van der Waals surface area contributed by atoms with Crippen LogP contribution in [0, 0.1) is 23.7 Å². The molecule has 0 aliphatic heterocycles. The van der Waals surface area contributed by atoms with Gasteiger partial charge >= 0.3 is 11.9 Å². The highest BCUT2D eigenvalue weighted by atomic mass is 16.5. The molecule has 2 aliphatic rings. The molecule has 0 spiro atoms. The maximum absolute atomic E-state index is 12.9. The van der Waals surface area contributed by atoms with Gasteiger partial charge < -0.3 is 14.2 Å². The third kappa shape index (κ3) is 9.50. The Morgan fingerprint density at radius 3 is 2.27 bits per heavy atom. The van der Waals surface area contributed by atoms with Crippen LogP contribution in [0.15, 0.2) is 30.9 Å². The van der Waals surface area contributed by atoms with E-state index in [0.717, 1.165) is 74.0 Å². The number of carbonyl (C=O) groups excluding carboxylic acids is 2. The number of hydrogen-bond acceptors (Lipinski definition) is 5. The molecule has 0 amide bonds. The molecule has 1 aromatic rings. The molecule has 0 N–H and O–H groups in total. The molecular weight excluding hydrogens is 464 g/mol. The molecular formula is C32H48O5. The molecule has 0 saturated heterocycles. The van der Waals surface area contributed by atoms with Crippen LogP contribution in [0.4, 0.5) is 0 Å². The predicted molar refractivity (Wildman–Crippen MR) is 148 cm³/mol. The summed E-state index contributed by atoms with van der Waals surface area (Å²) in [7, 11) is 1.66. The lowest BCUT2D eigenvalue weighted by atomic mass is 9.69. The van der Waals surface area contributed by atoms with Gasteiger partial charge in [0.05, 0.1) is 19.6 Å². The summed E-state index contributed by atoms with van der Waals surface area (Å²) in [5, 5.41) is 0. The first-order valence-electron chi connectivity index (χ1n) is 14.7. The third-order valence-corrected chi connectivity index (χ3v) is 8.59. The number of esters is 2. The summed E-state index contributed by atoms with van der Waals surface area (Å²) in [6.45, 7) is 6.14. The lowest BCUT2D eigenvalue weighted by Gasteiger charge is -2.37. The standard InChI is InChI=1S/C32H48O5/c1-4-10-24-12-14-25(15-13-24)26-16-18-28(19-17-26)32(34)37-29-21-20-27(30(23-29)35-3)11-8-6-7-9-22-36-31(33)5-2/h5,20-21,23-26,28H,2,4,6-19,22H2,1,3H3. The minimum atomic E-state index is -0.363. The Morgan fingerprint density at radius 1 is 0.946 bits per heavy atom. The van der Waals surface area contributed by atoms with Crippen LogP contribution in [0.25, 0.3) is 0 Å². The number of aryl methyl sites for hydroxylation is 1. The first kappa shape index (κ1) is 29.3. The third-order valence-electron chi connectivity index (χ3n) is 8.59. The van der Waals surface area contributed by atoms with Crippen molar-refractivity contribution in [1.82, 2.24) is 0 Å². The molecule has 5 nitrogen and oxygen atoms in total. The van der Waals surface area contributed by atoms with E-state index in [1.165, 1.54) is 57.4 Å². The van der Waals surface area contributed by atoms with E-state index in [4.69, 9.17) is 14.2 Å². The smallest absolute Gasteiger partial charge is 0.330 e. The average Bonchev–Trinajstić information content (AvgIpc) is 2.93. The monoisotopic (exact) mass is 512 g/mol. The fourth-order valence-corrected chi connectivity index (χ4v) is 6.38. The molecule has 5 heteroatoms. The Hall–Kier alpha value is -2.30. The van der Waals surface area contributed by atoms with Gasteiger partial charge in [-0.1, -0.05) is 58.1 Å².